The number of fused-ring (bicyclic) bond motifs is 14. The van der Waals surface area contributed by atoms with E-state index >= 15 is 35.1 Å². The van der Waals surface area contributed by atoms with Gasteiger partial charge in [-0.05, 0) is 60.7 Å². The maximum Gasteiger partial charge on any atom is 0.420 e. The van der Waals surface area contributed by atoms with Gasteiger partial charge < -0.3 is 18.0 Å². The van der Waals surface area contributed by atoms with Crippen molar-refractivity contribution >= 4 is 87.5 Å². The summed E-state index contributed by atoms with van der Waals surface area (Å²) < 4.78 is 151. The van der Waals surface area contributed by atoms with Crippen molar-refractivity contribution < 1.29 is 44.0 Å². The van der Waals surface area contributed by atoms with Gasteiger partial charge in [0, 0.05) is 54.6 Å². The molecule has 0 saturated heterocycles. The first-order valence-electron chi connectivity index (χ1n) is 21.5. The summed E-state index contributed by atoms with van der Waals surface area (Å²) in [6.45, 7) is 0. The second kappa shape index (κ2) is 14.1. The van der Waals surface area contributed by atoms with E-state index in [0.717, 1.165) is 33.4 Å². The molecule has 0 atom stereocenters. The fraction of sp³-hybridized carbons (Fsp3) is 0.0357. The molecule has 4 aromatic heterocycles. The van der Waals surface area contributed by atoms with Crippen molar-refractivity contribution in [2.75, 3.05) is 0 Å². The summed E-state index contributed by atoms with van der Waals surface area (Å²) in [4.78, 5) is 0. The Kier molecular flexibility index (Phi) is 8.26. The molecule has 0 fully saturated rings. The minimum Gasteiger partial charge on any atom is -0.455 e. The van der Waals surface area contributed by atoms with Crippen molar-refractivity contribution in [2.45, 2.75) is 12.4 Å². The van der Waals surface area contributed by atoms with E-state index in [1.54, 1.807) is 84.9 Å². The number of aromatic nitrogens is 2. The third-order valence-corrected chi connectivity index (χ3v) is 13.1. The normalized spacial score (nSPS) is 12.7. The third-order valence-electron chi connectivity index (χ3n) is 13.1. The van der Waals surface area contributed by atoms with Gasteiger partial charge in [0.05, 0.1) is 49.8 Å². The molecule has 0 spiro atoms. The average Bonchev–Trinajstić information content (AvgIpc) is 4.08. The van der Waals surface area contributed by atoms with Crippen LogP contribution in [0.3, 0.4) is 0 Å². The molecule has 9 aromatic carbocycles. The fourth-order valence-corrected chi connectivity index (χ4v) is 10.5. The Morgan fingerprint density at radius 3 is 1.12 bits per heavy atom. The predicted molar refractivity (Wildman–Crippen MR) is 250 cm³/mol. The van der Waals surface area contributed by atoms with Crippen LogP contribution in [-0.2, 0) is 12.4 Å². The van der Waals surface area contributed by atoms with Crippen molar-refractivity contribution in [3.8, 4) is 33.6 Å². The molecular weight excluding hydrogens is 885 g/mol. The highest BCUT2D eigenvalue weighted by Crippen LogP contribution is 2.57. The van der Waals surface area contributed by atoms with Gasteiger partial charge in [-0.2, -0.15) is 26.3 Å². The summed E-state index contributed by atoms with van der Waals surface area (Å²) in [7, 11) is 0. The Hall–Kier alpha value is -8.38. The first-order valence-corrected chi connectivity index (χ1v) is 21.5. The summed E-state index contributed by atoms with van der Waals surface area (Å²) in [6.07, 6.45) is -11.1. The zero-order valence-corrected chi connectivity index (χ0v) is 34.9. The highest BCUT2D eigenvalue weighted by molar-refractivity contribution is 6.26. The van der Waals surface area contributed by atoms with Crippen molar-refractivity contribution in [2.24, 2.45) is 0 Å². The Morgan fingerprint density at radius 1 is 0.338 bits per heavy atom. The smallest absolute Gasteiger partial charge is 0.420 e. The van der Waals surface area contributed by atoms with Crippen molar-refractivity contribution in [1.82, 2.24) is 9.13 Å². The lowest BCUT2D eigenvalue weighted by Crippen LogP contribution is -2.23. The third kappa shape index (κ3) is 5.48. The lowest BCUT2D eigenvalue weighted by atomic mass is 9.84. The second-order valence-electron chi connectivity index (χ2n) is 16.7. The molecule has 0 bridgehead atoms. The van der Waals surface area contributed by atoms with Crippen LogP contribution in [-0.4, -0.2) is 9.13 Å². The molecule has 4 nitrogen and oxygen atoms in total. The molecule has 0 saturated carbocycles. The zero-order chi connectivity index (χ0) is 46.4. The molecule has 68 heavy (non-hydrogen) atoms. The summed E-state index contributed by atoms with van der Waals surface area (Å²) >= 11 is 0. The van der Waals surface area contributed by atoms with Crippen LogP contribution in [0.2, 0.25) is 0 Å². The topological polar surface area (TPSA) is 36.1 Å². The van der Waals surface area contributed by atoms with Crippen molar-refractivity contribution in [3.05, 3.63) is 193 Å². The SMILES string of the molecule is Fc1ccccc1-c1c(-n2c3ccccc3c3c4oc5ccccc5c4ccc32)c(C(F)(F)F)c(-n2c3ccccc3c3c4oc5ccccc5c4ccc32)c(-c2ccccc2F)c1C(F)(F)F. The van der Waals surface area contributed by atoms with E-state index in [2.05, 4.69) is 0 Å². The van der Waals surface area contributed by atoms with Crippen LogP contribution < -0.4 is 0 Å². The molecule has 0 unspecified atom stereocenters. The van der Waals surface area contributed by atoms with Crippen LogP contribution in [0.25, 0.3) is 121 Å². The first kappa shape index (κ1) is 39.9. The summed E-state index contributed by atoms with van der Waals surface area (Å²) in [6, 6.07) is 42.3. The van der Waals surface area contributed by atoms with E-state index in [4.69, 9.17) is 8.83 Å². The van der Waals surface area contributed by atoms with Crippen LogP contribution in [0.15, 0.2) is 179 Å². The van der Waals surface area contributed by atoms with Gasteiger partial charge in [-0.25, -0.2) is 8.78 Å². The van der Waals surface area contributed by atoms with Gasteiger partial charge in [-0.1, -0.05) is 109 Å². The molecule has 13 rings (SSSR count). The molecule has 4 heterocycles. The number of hydrogen-bond donors (Lipinski definition) is 0. The number of halogens is 8. The molecular formula is C56H28F8N2O2. The van der Waals surface area contributed by atoms with Gasteiger partial charge >= 0.3 is 12.4 Å². The number of furan rings is 2. The minimum absolute atomic E-state index is 0.0461. The Balaban J connectivity index is 1.35. The highest BCUT2D eigenvalue weighted by atomic mass is 19.4. The average molecular weight is 913 g/mol. The largest absolute Gasteiger partial charge is 0.455 e. The van der Waals surface area contributed by atoms with E-state index in [-0.39, 0.29) is 33.2 Å². The molecule has 0 aliphatic heterocycles. The number of benzene rings is 9. The van der Waals surface area contributed by atoms with Gasteiger partial charge in [0.15, 0.2) is 0 Å². The summed E-state index contributed by atoms with van der Waals surface area (Å²) in [5, 5.41) is 4.02. The maximum absolute atomic E-state index is 17.4. The lowest BCUT2D eigenvalue weighted by Gasteiger charge is -2.31. The van der Waals surface area contributed by atoms with Gasteiger partial charge in [-0.3, -0.25) is 0 Å². The number of alkyl halides is 6. The van der Waals surface area contributed by atoms with Gasteiger partial charge in [-0.15, -0.1) is 0 Å². The van der Waals surface area contributed by atoms with E-state index < -0.39 is 68.7 Å². The lowest BCUT2D eigenvalue weighted by molar-refractivity contribution is -0.140. The van der Waals surface area contributed by atoms with Gasteiger partial charge in [0.1, 0.15) is 39.5 Å². The molecule has 12 heteroatoms. The molecule has 0 aliphatic rings. The van der Waals surface area contributed by atoms with Gasteiger partial charge in [0.25, 0.3) is 0 Å². The second-order valence-corrected chi connectivity index (χ2v) is 16.7. The van der Waals surface area contributed by atoms with E-state index in [1.807, 2.05) is 24.3 Å². The van der Waals surface area contributed by atoms with Crippen LogP contribution >= 0.6 is 0 Å². The van der Waals surface area contributed by atoms with Crippen molar-refractivity contribution in [3.63, 3.8) is 0 Å². The Labute approximate surface area is 378 Å². The number of para-hydroxylation sites is 4. The number of rotatable bonds is 4. The first-order chi connectivity index (χ1) is 32.9. The van der Waals surface area contributed by atoms with Crippen LogP contribution in [0.1, 0.15) is 11.1 Å². The monoisotopic (exact) mass is 912 g/mol. The Bertz CT molecular complexity index is 4020. The van der Waals surface area contributed by atoms with Crippen LogP contribution in [0.4, 0.5) is 35.1 Å². The molecule has 13 aromatic rings. The molecule has 0 N–H and O–H groups in total. The maximum atomic E-state index is 17.4. The van der Waals surface area contributed by atoms with Crippen LogP contribution in [0.5, 0.6) is 0 Å². The van der Waals surface area contributed by atoms with E-state index in [0.29, 0.717) is 54.3 Å². The molecule has 0 amide bonds. The van der Waals surface area contributed by atoms with E-state index in [1.165, 1.54) is 36.4 Å². The number of nitrogens with zero attached hydrogens (tertiary/aromatic N) is 2. The fourth-order valence-electron chi connectivity index (χ4n) is 10.5. The highest BCUT2D eigenvalue weighted by Gasteiger charge is 2.49. The minimum atomic E-state index is -5.56. The summed E-state index contributed by atoms with van der Waals surface area (Å²) in [5.41, 5.74) is -7.39. The zero-order valence-electron chi connectivity index (χ0n) is 34.9. The van der Waals surface area contributed by atoms with E-state index in [9.17, 15) is 0 Å². The van der Waals surface area contributed by atoms with Crippen molar-refractivity contribution in [1.29, 1.82) is 0 Å². The van der Waals surface area contributed by atoms with Gasteiger partial charge in [0.2, 0.25) is 0 Å². The van der Waals surface area contributed by atoms with Crippen LogP contribution in [0, 0.1) is 11.6 Å². The standard InChI is InChI=1S/C56H28F8N2O2/c57-37-19-7-1-15-33(37)47-49(55(59,60)61)48(34-16-2-8-20-38(34)58)52(66-40-22-10-4-18-36(40)46-42(66)28-26-32-30-14-6-12-24-44(30)68-54(32)46)50(56(62,63)64)51(47)65-39-21-9-3-17-35(39)45-41(65)27-25-31-29-13-5-11-23-43(29)67-53(31)45/h1-28H. The molecule has 0 aliphatic carbocycles. The molecule has 0 radical (unpaired) electrons. The quantitative estimate of drug-likeness (QED) is 0.165. The predicted octanol–water partition coefficient (Wildman–Crippen LogP) is 17.3. The number of hydrogen-bond acceptors (Lipinski definition) is 2. The Morgan fingerprint density at radius 2 is 0.706 bits per heavy atom. The summed E-state index contributed by atoms with van der Waals surface area (Å²) in [5.74, 6) is -2.46. The molecule has 330 valence electrons.